The van der Waals surface area contributed by atoms with Gasteiger partial charge in [0, 0.05) is 42.4 Å². The Kier molecular flexibility index (Phi) is 19.3. The molecule has 0 unspecified atom stereocenters. The van der Waals surface area contributed by atoms with Crippen LogP contribution in [0.4, 0.5) is 4.39 Å². The van der Waals surface area contributed by atoms with Crippen LogP contribution in [0.2, 0.25) is 0 Å². The van der Waals surface area contributed by atoms with Gasteiger partial charge in [-0.1, -0.05) is 155 Å². The van der Waals surface area contributed by atoms with Crippen LogP contribution in [0.1, 0.15) is 174 Å². The number of rotatable bonds is 30. The molecule has 0 fully saturated rings. The van der Waals surface area contributed by atoms with E-state index in [1.54, 1.807) is 20.4 Å². The van der Waals surface area contributed by atoms with Crippen LogP contribution < -0.4 is 15.2 Å². The van der Waals surface area contributed by atoms with Crippen molar-refractivity contribution >= 4 is 21.9 Å². The van der Waals surface area contributed by atoms with Crippen LogP contribution in [-0.2, 0) is 13.6 Å². The van der Waals surface area contributed by atoms with Gasteiger partial charge < -0.3 is 9.47 Å². The van der Waals surface area contributed by atoms with Gasteiger partial charge in [0.2, 0.25) is 0 Å². The molecule has 0 aliphatic heterocycles. The molecule has 0 spiro atoms. The van der Waals surface area contributed by atoms with E-state index in [9.17, 15) is 4.79 Å². The molecule has 59 heavy (non-hydrogen) atoms. The number of nitrogens with zero attached hydrogens (tertiary/aromatic N) is 6. The summed E-state index contributed by atoms with van der Waals surface area (Å²) in [5, 5.41) is 5.59. The Balaban J connectivity index is 1.26. The zero-order valence-corrected chi connectivity index (χ0v) is 37.1. The summed E-state index contributed by atoms with van der Waals surface area (Å²) in [5.41, 5.74) is 4.12. The van der Waals surface area contributed by atoms with Gasteiger partial charge in [0.25, 0.3) is 0 Å². The molecular weight excluding hydrogens is 740 g/mol. The summed E-state index contributed by atoms with van der Waals surface area (Å²) in [6.45, 7) is 7.81. The molecule has 0 aliphatic carbocycles. The van der Waals surface area contributed by atoms with Gasteiger partial charge in [0.15, 0.2) is 11.6 Å². The van der Waals surface area contributed by atoms with E-state index in [4.69, 9.17) is 19.6 Å². The van der Waals surface area contributed by atoms with Crippen molar-refractivity contribution in [2.45, 2.75) is 181 Å². The van der Waals surface area contributed by atoms with Crippen molar-refractivity contribution in [3.63, 3.8) is 0 Å². The first-order valence-electron chi connectivity index (χ1n) is 23.3. The van der Waals surface area contributed by atoms with Gasteiger partial charge in [0.05, 0.1) is 54.6 Å². The molecule has 1 aromatic carbocycles. The lowest BCUT2D eigenvalue weighted by atomic mass is 10.0. The fourth-order valence-corrected chi connectivity index (χ4v) is 8.48. The topological polar surface area (TPSA) is 89.0 Å². The van der Waals surface area contributed by atoms with E-state index in [2.05, 4.69) is 25.0 Å². The fraction of sp³-hybridized carbons (Fsp3) is 0.633. The van der Waals surface area contributed by atoms with E-state index in [1.807, 2.05) is 23.7 Å². The van der Waals surface area contributed by atoms with E-state index in [0.717, 1.165) is 55.2 Å². The van der Waals surface area contributed by atoms with E-state index in [0.29, 0.717) is 34.3 Å². The Morgan fingerprint density at radius 1 is 0.678 bits per heavy atom. The molecule has 0 saturated heterocycles. The summed E-state index contributed by atoms with van der Waals surface area (Å²) >= 11 is 0. The number of hydrogen-bond donors (Lipinski definition) is 0. The first-order chi connectivity index (χ1) is 28.9. The monoisotopic (exact) mass is 813 g/mol. The van der Waals surface area contributed by atoms with Gasteiger partial charge in [-0.05, 0) is 25.8 Å². The van der Waals surface area contributed by atoms with Crippen molar-refractivity contribution in [3.05, 3.63) is 58.9 Å². The van der Waals surface area contributed by atoms with Gasteiger partial charge in [-0.25, -0.2) is 9.18 Å². The highest BCUT2D eigenvalue weighted by Gasteiger charge is 2.24. The van der Waals surface area contributed by atoms with Crippen molar-refractivity contribution in [2.24, 2.45) is 7.05 Å². The van der Waals surface area contributed by atoms with Gasteiger partial charge >= 0.3 is 5.69 Å². The maximum absolute atomic E-state index is 15.9. The van der Waals surface area contributed by atoms with E-state index >= 15 is 4.39 Å². The average molecular weight is 813 g/mol. The second-order valence-corrected chi connectivity index (χ2v) is 16.7. The van der Waals surface area contributed by atoms with Gasteiger partial charge in [-0.15, -0.1) is 0 Å². The van der Waals surface area contributed by atoms with Crippen LogP contribution in [0.15, 0.2) is 41.7 Å². The minimum Gasteiger partial charge on any atom is -0.496 e. The molecule has 10 heteroatoms. The minimum atomic E-state index is -0.625. The Morgan fingerprint density at radius 3 is 1.81 bits per heavy atom. The van der Waals surface area contributed by atoms with E-state index in [1.165, 1.54) is 144 Å². The minimum absolute atomic E-state index is 0.0609. The Morgan fingerprint density at radius 2 is 1.24 bits per heavy atom. The van der Waals surface area contributed by atoms with Crippen LogP contribution in [0.3, 0.4) is 0 Å². The zero-order chi connectivity index (χ0) is 41.8. The number of halogens is 1. The summed E-state index contributed by atoms with van der Waals surface area (Å²) in [6.07, 6.45) is 37.0. The number of unbranched alkanes of at least 4 members (excludes halogenated alkanes) is 22. The van der Waals surface area contributed by atoms with Gasteiger partial charge in [-0.3, -0.25) is 23.8 Å². The third-order valence-corrected chi connectivity index (χ3v) is 12.0. The normalized spacial score (nSPS) is 11.7. The molecule has 0 aliphatic rings. The van der Waals surface area contributed by atoms with Gasteiger partial charge in [0.1, 0.15) is 11.4 Å². The van der Waals surface area contributed by atoms with Crippen LogP contribution in [0, 0.1) is 12.7 Å². The predicted molar refractivity (Wildman–Crippen MR) is 242 cm³/mol. The molecular formula is C49H73FN6O3. The molecule has 0 N–H and O–H groups in total. The summed E-state index contributed by atoms with van der Waals surface area (Å²) in [5.74, 6) is 0.278. The van der Waals surface area contributed by atoms with Crippen molar-refractivity contribution < 1.29 is 13.9 Å². The molecule has 9 nitrogen and oxygen atoms in total. The Bertz CT molecular complexity index is 2070. The standard InChI is InChI=1S/C49H73FN6O3/c1-6-8-10-12-14-16-18-20-22-24-26-28-30-55-37-41(38(3)53-55)39-32-40-43(33-45(39)58-5)52-35-44-47(40)56(49(57)54(44)4)48-42(50)34-51-36-46(48)59-31-29-27-25-23-21-19-17-15-13-11-9-7-2/h32-37H,6-31H2,1-5H3. The highest BCUT2D eigenvalue weighted by atomic mass is 19.1. The molecule has 4 heterocycles. The lowest BCUT2D eigenvalue weighted by Crippen LogP contribution is -2.22. The van der Waals surface area contributed by atoms with E-state index in [-0.39, 0.29) is 11.4 Å². The molecule has 0 bridgehead atoms. The van der Waals surface area contributed by atoms with Crippen molar-refractivity contribution in [2.75, 3.05) is 13.7 Å². The molecule has 5 rings (SSSR count). The molecule has 4 aromatic heterocycles. The van der Waals surface area contributed by atoms with E-state index < -0.39 is 11.5 Å². The van der Waals surface area contributed by atoms with Crippen molar-refractivity contribution in [3.8, 4) is 28.3 Å². The number of aromatic nitrogens is 6. The third kappa shape index (κ3) is 12.9. The number of ether oxygens (including phenoxy) is 2. The zero-order valence-electron chi connectivity index (χ0n) is 37.1. The summed E-state index contributed by atoms with van der Waals surface area (Å²) in [7, 11) is 3.34. The summed E-state index contributed by atoms with van der Waals surface area (Å²) in [4.78, 5) is 22.9. The molecule has 0 radical (unpaired) electrons. The number of hydrogen-bond acceptors (Lipinski definition) is 6. The van der Waals surface area contributed by atoms with Crippen LogP contribution in [0.25, 0.3) is 38.8 Å². The second kappa shape index (κ2) is 24.8. The number of imidazole rings is 1. The quantitative estimate of drug-likeness (QED) is 0.0429. The van der Waals surface area contributed by atoms with Crippen LogP contribution in [-0.4, -0.2) is 42.6 Å². The van der Waals surface area contributed by atoms with Crippen LogP contribution in [0.5, 0.6) is 11.5 Å². The SMILES string of the molecule is CCCCCCCCCCCCCCOc1cncc(F)c1-n1c(=O)n(C)c2cnc3cc(OC)c(-c4cn(CCCCCCCCCCCCCC)nc4C)cc3c21. The highest BCUT2D eigenvalue weighted by molar-refractivity contribution is 6.06. The molecule has 0 amide bonds. The molecule has 324 valence electrons. The number of methoxy groups -OCH3 is 1. The highest BCUT2D eigenvalue weighted by Crippen LogP contribution is 2.38. The van der Waals surface area contributed by atoms with Gasteiger partial charge in [-0.2, -0.15) is 5.10 Å². The lowest BCUT2D eigenvalue weighted by Gasteiger charge is -2.14. The Hall–Kier alpha value is -4.21. The van der Waals surface area contributed by atoms with Crippen molar-refractivity contribution in [1.82, 2.24) is 28.9 Å². The largest absolute Gasteiger partial charge is 0.496 e. The second-order valence-electron chi connectivity index (χ2n) is 16.7. The third-order valence-electron chi connectivity index (χ3n) is 12.0. The molecule has 0 atom stereocenters. The fourth-order valence-electron chi connectivity index (χ4n) is 8.48. The molecule has 5 aromatic rings. The molecule has 0 saturated carbocycles. The summed E-state index contributed by atoms with van der Waals surface area (Å²) in [6, 6.07) is 3.89. The predicted octanol–water partition coefficient (Wildman–Crippen LogP) is 13.4. The summed E-state index contributed by atoms with van der Waals surface area (Å²) < 4.78 is 33.0. The van der Waals surface area contributed by atoms with Crippen molar-refractivity contribution in [1.29, 1.82) is 0 Å². The maximum Gasteiger partial charge on any atom is 0.333 e. The average Bonchev–Trinajstić information content (AvgIpc) is 3.73. The number of pyridine rings is 2. The first-order valence-corrected chi connectivity index (χ1v) is 23.3. The lowest BCUT2D eigenvalue weighted by molar-refractivity contribution is 0.300. The number of fused-ring (bicyclic) bond motifs is 3. The number of aryl methyl sites for hydroxylation is 3. The maximum atomic E-state index is 15.9. The smallest absolute Gasteiger partial charge is 0.333 e. The van der Waals surface area contributed by atoms with Crippen LogP contribution >= 0.6 is 0 Å². The first kappa shape index (κ1) is 45.9. The Labute approximate surface area is 353 Å². The number of benzene rings is 1.